The summed E-state index contributed by atoms with van der Waals surface area (Å²) < 4.78 is 0. The number of carbonyl (C=O) groups excluding carboxylic acids is 2. The number of benzene rings is 1. The maximum Gasteiger partial charge on any atom is 0.265 e. The molecule has 1 aliphatic carbocycles. The Kier molecular flexibility index (Phi) is 6.75. The van der Waals surface area contributed by atoms with E-state index in [-0.39, 0.29) is 17.7 Å². The van der Waals surface area contributed by atoms with Gasteiger partial charge in [0.25, 0.3) is 5.91 Å². The summed E-state index contributed by atoms with van der Waals surface area (Å²) in [7, 11) is 0. The Morgan fingerprint density at radius 3 is 2.35 bits per heavy atom. The van der Waals surface area contributed by atoms with Gasteiger partial charge in [-0.05, 0) is 45.4 Å². The molecule has 1 atom stereocenters. The Morgan fingerprint density at radius 1 is 1.06 bits per heavy atom. The van der Waals surface area contributed by atoms with Crippen molar-refractivity contribution in [1.82, 2.24) is 15.2 Å². The number of amides is 2. The molecule has 166 valence electrons. The largest absolute Gasteiger partial charge is 0.353 e. The Hall–Kier alpha value is -2.21. The van der Waals surface area contributed by atoms with Crippen LogP contribution in [0.1, 0.15) is 66.4 Å². The first-order chi connectivity index (χ1) is 14.9. The quantitative estimate of drug-likeness (QED) is 0.715. The van der Waals surface area contributed by atoms with Gasteiger partial charge in [-0.25, -0.2) is 4.98 Å². The lowest BCUT2D eigenvalue weighted by molar-refractivity contribution is -0.127. The monoisotopic (exact) mass is 439 g/mol. The van der Waals surface area contributed by atoms with Crippen LogP contribution >= 0.6 is 11.3 Å². The van der Waals surface area contributed by atoms with Crippen LogP contribution < -0.4 is 5.32 Å². The van der Waals surface area contributed by atoms with Crippen LogP contribution in [0.2, 0.25) is 0 Å². The average molecular weight is 440 g/mol. The fraction of sp³-hybridized carbons (Fsp3) is 0.560. The second-order valence-electron chi connectivity index (χ2n) is 9.21. The molecule has 1 unspecified atom stereocenters. The molecule has 31 heavy (non-hydrogen) atoms. The second kappa shape index (κ2) is 9.51. The number of nitrogens with zero attached hydrogens (tertiary/aromatic N) is 2. The van der Waals surface area contributed by atoms with Crippen LogP contribution in [0.3, 0.4) is 0 Å². The van der Waals surface area contributed by atoms with Gasteiger partial charge < -0.3 is 10.2 Å². The lowest BCUT2D eigenvalue weighted by atomic mass is 9.84. The van der Waals surface area contributed by atoms with Crippen molar-refractivity contribution in [3.8, 4) is 10.6 Å². The molecule has 2 fully saturated rings. The first-order valence-corrected chi connectivity index (χ1v) is 12.4. The van der Waals surface area contributed by atoms with Crippen molar-refractivity contribution in [3.63, 3.8) is 0 Å². The molecule has 1 saturated carbocycles. The third kappa shape index (κ3) is 5.00. The zero-order valence-electron chi connectivity index (χ0n) is 18.8. The van der Waals surface area contributed by atoms with Gasteiger partial charge in [-0.1, -0.05) is 49.6 Å². The Morgan fingerprint density at radius 2 is 1.71 bits per heavy atom. The van der Waals surface area contributed by atoms with Gasteiger partial charge >= 0.3 is 0 Å². The van der Waals surface area contributed by atoms with E-state index in [1.165, 1.54) is 29.7 Å². The van der Waals surface area contributed by atoms with Gasteiger partial charge in [0.05, 0.1) is 5.69 Å². The minimum atomic E-state index is 0.0103. The fourth-order valence-corrected chi connectivity index (χ4v) is 5.82. The molecule has 0 spiro atoms. The lowest BCUT2D eigenvalue weighted by Gasteiger charge is -2.34. The molecule has 2 amide bonds. The number of hydrogen-bond donors (Lipinski definition) is 1. The van der Waals surface area contributed by atoms with Gasteiger partial charge in [-0.3, -0.25) is 9.59 Å². The molecule has 2 aliphatic rings. The summed E-state index contributed by atoms with van der Waals surface area (Å²) >= 11 is 1.48. The number of aryl methyl sites for hydroxylation is 2. The highest BCUT2D eigenvalue weighted by molar-refractivity contribution is 7.17. The first kappa shape index (κ1) is 22.0. The average Bonchev–Trinajstić information content (AvgIpc) is 3.43. The van der Waals surface area contributed by atoms with Crippen molar-refractivity contribution in [1.29, 1.82) is 0 Å². The SMILES string of the molecule is Cc1ccc(-c2nc(C)c(C(=O)N3CCC(C(C)C(=O)NC4CCCC4)CC3)s2)cc1. The number of carbonyl (C=O) groups is 2. The summed E-state index contributed by atoms with van der Waals surface area (Å²) in [5.41, 5.74) is 3.07. The zero-order valence-corrected chi connectivity index (χ0v) is 19.6. The number of hydrogen-bond acceptors (Lipinski definition) is 4. The van der Waals surface area contributed by atoms with Gasteiger partial charge in [-0.15, -0.1) is 11.3 Å². The van der Waals surface area contributed by atoms with Gasteiger partial charge in [0.15, 0.2) is 0 Å². The molecule has 0 radical (unpaired) electrons. The Bertz CT molecular complexity index is 923. The van der Waals surface area contributed by atoms with Crippen molar-refractivity contribution < 1.29 is 9.59 Å². The topological polar surface area (TPSA) is 62.3 Å². The number of rotatable bonds is 5. The summed E-state index contributed by atoms with van der Waals surface area (Å²) in [5, 5.41) is 4.14. The van der Waals surface area contributed by atoms with Crippen molar-refractivity contribution in [3.05, 3.63) is 40.4 Å². The summed E-state index contributed by atoms with van der Waals surface area (Å²) in [4.78, 5) is 33.2. The number of thiazole rings is 1. The van der Waals surface area contributed by atoms with Gasteiger partial charge in [0, 0.05) is 30.6 Å². The van der Waals surface area contributed by atoms with Gasteiger partial charge in [-0.2, -0.15) is 0 Å². The smallest absolute Gasteiger partial charge is 0.265 e. The van der Waals surface area contributed by atoms with E-state index in [0.717, 1.165) is 46.8 Å². The first-order valence-electron chi connectivity index (χ1n) is 11.6. The fourth-order valence-electron chi connectivity index (χ4n) is 4.78. The zero-order chi connectivity index (χ0) is 22.0. The molecule has 2 aromatic rings. The molecule has 1 aromatic heterocycles. The van der Waals surface area contributed by atoms with E-state index in [0.29, 0.717) is 25.0 Å². The maximum atomic E-state index is 13.2. The molecular formula is C25H33N3O2S. The molecule has 5 nitrogen and oxygen atoms in total. The molecule has 1 aromatic carbocycles. The van der Waals surface area contributed by atoms with E-state index in [9.17, 15) is 9.59 Å². The predicted molar refractivity (Wildman–Crippen MR) is 125 cm³/mol. The highest BCUT2D eigenvalue weighted by Gasteiger charge is 2.32. The highest BCUT2D eigenvalue weighted by Crippen LogP contribution is 2.31. The number of likely N-dealkylation sites (tertiary alicyclic amines) is 1. The number of nitrogens with one attached hydrogen (secondary N) is 1. The van der Waals surface area contributed by atoms with Crippen LogP contribution in [0.5, 0.6) is 0 Å². The third-order valence-electron chi connectivity index (χ3n) is 6.94. The Labute approximate surface area is 189 Å². The van der Waals surface area contributed by atoms with Crippen molar-refractivity contribution in [2.75, 3.05) is 13.1 Å². The van der Waals surface area contributed by atoms with E-state index in [1.807, 2.05) is 18.7 Å². The third-order valence-corrected chi connectivity index (χ3v) is 8.13. The predicted octanol–water partition coefficient (Wildman–Crippen LogP) is 4.97. The van der Waals surface area contributed by atoms with E-state index >= 15 is 0 Å². The van der Waals surface area contributed by atoms with Crippen molar-refractivity contribution >= 4 is 23.2 Å². The minimum Gasteiger partial charge on any atom is -0.353 e. The van der Waals surface area contributed by atoms with E-state index in [1.54, 1.807) is 0 Å². The van der Waals surface area contributed by atoms with E-state index < -0.39 is 0 Å². The number of aromatic nitrogens is 1. The molecule has 1 aliphatic heterocycles. The van der Waals surface area contributed by atoms with Gasteiger partial charge in [0.1, 0.15) is 9.88 Å². The molecule has 1 saturated heterocycles. The molecule has 0 bridgehead atoms. The van der Waals surface area contributed by atoms with Crippen LogP contribution in [-0.4, -0.2) is 40.8 Å². The Balaban J connectivity index is 1.35. The molecule has 6 heteroatoms. The normalized spacial score (nSPS) is 18.9. The molecule has 4 rings (SSSR count). The van der Waals surface area contributed by atoms with Crippen LogP contribution in [0.25, 0.3) is 10.6 Å². The van der Waals surface area contributed by atoms with Crippen molar-refractivity contribution in [2.24, 2.45) is 11.8 Å². The van der Waals surface area contributed by atoms with Gasteiger partial charge in [0.2, 0.25) is 5.91 Å². The molecule has 1 N–H and O–H groups in total. The highest BCUT2D eigenvalue weighted by atomic mass is 32.1. The summed E-state index contributed by atoms with van der Waals surface area (Å²) in [6.45, 7) is 7.45. The second-order valence-corrected chi connectivity index (χ2v) is 10.2. The maximum absolute atomic E-state index is 13.2. The summed E-state index contributed by atoms with van der Waals surface area (Å²) in [5.74, 6) is 0.625. The van der Waals surface area contributed by atoms with Crippen LogP contribution in [0, 0.1) is 25.7 Å². The van der Waals surface area contributed by atoms with Crippen LogP contribution in [0.15, 0.2) is 24.3 Å². The lowest BCUT2D eigenvalue weighted by Crippen LogP contribution is -2.44. The standard InChI is InChI=1S/C25H33N3O2S/c1-16-8-10-20(11-9-16)24-26-18(3)22(31-24)25(30)28-14-12-19(13-15-28)17(2)23(29)27-21-6-4-5-7-21/h8-11,17,19,21H,4-7,12-15H2,1-3H3,(H,27,29). The van der Waals surface area contributed by atoms with E-state index in [2.05, 4.69) is 41.5 Å². The molecule has 2 heterocycles. The summed E-state index contributed by atoms with van der Waals surface area (Å²) in [6.07, 6.45) is 6.45. The van der Waals surface area contributed by atoms with Crippen LogP contribution in [0.4, 0.5) is 0 Å². The minimum absolute atomic E-state index is 0.0103. The summed E-state index contributed by atoms with van der Waals surface area (Å²) in [6, 6.07) is 8.63. The number of piperidine rings is 1. The van der Waals surface area contributed by atoms with Crippen molar-refractivity contribution in [2.45, 2.75) is 65.3 Å². The molecular weight excluding hydrogens is 406 g/mol. The van der Waals surface area contributed by atoms with E-state index in [4.69, 9.17) is 0 Å². The van der Waals surface area contributed by atoms with Crippen LogP contribution in [-0.2, 0) is 4.79 Å².